The van der Waals surface area contributed by atoms with Crippen LogP contribution in [0.5, 0.6) is 5.88 Å². The standard InChI is InChI=1S/C6H7NO3S.Li/c1-10-5-3-2-4-6(7-5)11(8)9;/h2-4H,1H3,(H,8,9);/q;+1/p-1. The van der Waals surface area contributed by atoms with E-state index in [0.29, 0.717) is 5.88 Å². The summed E-state index contributed by atoms with van der Waals surface area (Å²) >= 11 is -2.28. The molecule has 1 heterocycles. The quantitative estimate of drug-likeness (QED) is 0.367. The third kappa shape index (κ3) is 2.95. The van der Waals surface area contributed by atoms with Crippen molar-refractivity contribution in [3.63, 3.8) is 0 Å². The van der Waals surface area contributed by atoms with E-state index in [2.05, 4.69) is 4.98 Å². The van der Waals surface area contributed by atoms with Gasteiger partial charge in [-0.3, -0.25) is 4.21 Å². The second kappa shape index (κ2) is 5.33. The molecule has 0 fully saturated rings. The molecule has 1 aromatic heterocycles. The molecule has 1 rings (SSSR count). The molecule has 0 N–H and O–H groups in total. The van der Waals surface area contributed by atoms with Crippen LogP contribution in [0.4, 0.5) is 0 Å². The number of aromatic nitrogens is 1. The molecule has 1 aromatic rings. The number of rotatable bonds is 2. The number of nitrogens with zero attached hydrogens (tertiary/aromatic N) is 1. The molecule has 60 valence electrons. The molecular weight excluding hydrogens is 173 g/mol. The fourth-order valence-electron chi connectivity index (χ4n) is 0.602. The van der Waals surface area contributed by atoms with E-state index in [1.165, 1.54) is 13.2 Å². The molecule has 12 heavy (non-hydrogen) atoms. The Morgan fingerprint density at radius 3 is 2.75 bits per heavy atom. The van der Waals surface area contributed by atoms with E-state index in [1.54, 1.807) is 12.1 Å². The van der Waals surface area contributed by atoms with E-state index in [0.717, 1.165) is 0 Å². The zero-order chi connectivity index (χ0) is 8.27. The number of ether oxygens (including phenoxy) is 1. The Morgan fingerprint density at radius 1 is 1.58 bits per heavy atom. The molecule has 0 saturated carbocycles. The summed E-state index contributed by atoms with van der Waals surface area (Å²) in [5, 5.41) is -0.00986. The minimum atomic E-state index is -2.28. The van der Waals surface area contributed by atoms with Gasteiger partial charge in [0.25, 0.3) is 0 Å². The number of methoxy groups -OCH3 is 1. The molecule has 1 atom stereocenters. The van der Waals surface area contributed by atoms with Crippen LogP contribution >= 0.6 is 0 Å². The van der Waals surface area contributed by atoms with Crippen molar-refractivity contribution in [3.8, 4) is 5.88 Å². The summed E-state index contributed by atoms with van der Waals surface area (Å²) in [5.41, 5.74) is 0. The number of pyridine rings is 1. The van der Waals surface area contributed by atoms with Gasteiger partial charge in [-0.15, -0.1) is 0 Å². The first-order valence-electron chi connectivity index (χ1n) is 2.84. The van der Waals surface area contributed by atoms with Crippen LogP contribution in [0.2, 0.25) is 0 Å². The summed E-state index contributed by atoms with van der Waals surface area (Å²) in [6.07, 6.45) is 0. The zero-order valence-corrected chi connectivity index (χ0v) is 7.63. The Kier molecular flexibility index (Phi) is 5.18. The van der Waals surface area contributed by atoms with Crippen molar-refractivity contribution < 1.29 is 32.4 Å². The SMILES string of the molecule is COc1cccc(S(=O)[O-])n1.[Li+]. The first-order chi connectivity index (χ1) is 5.24. The predicted octanol–water partition coefficient (Wildman–Crippen LogP) is -2.67. The van der Waals surface area contributed by atoms with Crippen LogP contribution in [0.1, 0.15) is 0 Å². The molecule has 0 aromatic carbocycles. The fourth-order valence-corrected chi connectivity index (χ4v) is 0.957. The first-order valence-corrected chi connectivity index (χ1v) is 3.92. The summed E-state index contributed by atoms with van der Waals surface area (Å²) in [4.78, 5) is 3.66. The van der Waals surface area contributed by atoms with E-state index in [9.17, 15) is 8.76 Å². The summed E-state index contributed by atoms with van der Waals surface area (Å²) < 4.78 is 25.4. The molecule has 4 nitrogen and oxygen atoms in total. The van der Waals surface area contributed by atoms with Gasteiger partial charge >= 0.3 is 18.9 Å². The van der Waals surface area contributed by atoms with Crippen molar-refractivity contribution in [2.24, 2.45) is 0 Å². The second-order valence-corrected chi connectivity index (χ2v) is 2.64. The maximum atomic E-state index is 10.4. The zero-order valence-electron chi connectivity index (χ0n) is 6.81. The maximum absolute atomic E-state index is 10.4. The summed E-state index contributed by atoms with van der Waals surface area (Å²) in [6, 6.07) is 4.54. The van der Waals surface area contributed by atoms with Gasteiger partial charge in [0, 0.05) is 6.07 Å². The van der Waals surface area contributed by atoms with Gasteiger partial charge < -0.3 is 9.29 Å². The molecule has 0 spiro atoms. The Morgan fingerprint density at radius 2 is 2.25 bits per heavy atom. The second-order valence-electron chi connectivity index (χ2n) is 1.75. The Hall–Kier alpha value is -0.343. The van der Waals surface area contributed by atoms with E-state index in [4.69, 9.17) is 4.74 Å². The van der Waals surface area contributed by atoms with Gasteiger partial charge in [0.05, 0.1) is 7.11 Å². The van der Waals surface area contributed by atoms with Crippen LogP contribution in [0, 0.1) is 0 Å². The predicted molar refractivity (Wildman–Crippen MR) is 38.0 cm³/mol. The van der Waals surface area contributed by atoms with Gasteiger partial charge in [0.2, 0.25) is 5.88 Å². The molecule has 0 aliphatic rings. The normalized spacial score (nSPS) is 11.5. The van der Waals surface area contributed by atoms with Crippen LogP contribution in [0.25, 0.3) is 0 Å². The Bertz CT molecular complexity index is 281. The van der Waals surface area contributed by atoms with Crippen molar-refractivity contribution in [1.29, 1.82) is 0 Å². The van der Waals surface area contributed by atoms with Crippen molar-refractivity contribution in [2.75, 3.05) is 7.11 Å². The molecule has 0 radical (unpaired) electrons. The fraction of sp³-hybridized carbons (Fsp3) is 0.167. The van der Waals surface area contributed by atoms with Crippen LogP contribution < -0.4 is 23.6 Å². The van der Waals surface area contributed by atoms with Gasteiger partial charge in [-0.1, -0.05) is 6.07 Å². The molecule has 1 unspecified atom stereocenters. The van der Waals surface area contributed by atoms with Gasteiger partial charge in [0.15, 0.2) is 0 Å². The number of hydrogen-bond donors (Lipinski definition) is 0. The van der Waals surface area contributed by atoms with Gasteiger partial charge in [0.1, 0.15) is 5.03 Å². The molecule has 0 saturated heterocycles. The minimum absolute atomic E-state index is 0. The Labute approximate surface area is 84.8 Å². The molecule has 0 bridgehead atoms. The smallest absolute Gasteiger partial charge is 0.767 e. The molecule has 6 heteroatoms. The maximum Gasteiger partial charge on any atom is 1.00 e. The molecule has 0 aliphatic carbocycles. The molecule has 0 amide bonds. The van der Waals surface area contributed by atoms with E-state index in [-0.39, 0.29) is 23.9 Å². The van der Waals surface area contributed by atoms with Crippen molar-refractivity contribution in [3.05, 3.63) is 18.2 Å². The van der Waals surface area contributed by atoms with E-state index >= 15 is 0 Å². The van der Waals surface area contributed by atoms with Crippen LogP contribution in [-0.4, -0.2) is 20.9 Å². The third-order valence-corrected chi connectivity index (χ3v) is 1.65. The largest absolute Gasteiger partial charge is 1.00 e. The summed E-state index contributed by atoms with van der Waals surface area (Å²) in [6.45, 7) is 0. The topological polar surface area (TPSA) is 62.2 Å². The van der Waals surface area contributed by atoms with Crippen molar-refractivity contribution in [1.82, 2.24) is 4.98 Å². The summed E-state index contributed by atoms with van der Waals surface area (Å²) in [7, 11) is 1.43. The first kappa shape index (κ1) is 11.7. The number of hydrogen-bond acceptors (Lipinski definition) is 4. The molecular formula is C6H6LiNO3S. The Balaban J connectivity index is 0.00000121. The van der Waals surface area contributed by atoms with Crippen LogP contribution in [-0.2, 0) is 11.1 Å². The van der Waals surface area contributed by atoms with Crippen molar-refractivity contribution in [2.45, 2.75) is 5.03 Å². The van der Waals surface area contributed by atoms with Crippen molar-refractivity contribution >= 4 is 11.1 Å². The summed E-state index contributed by atoms with van der Waals surface area (Å²) in [5.74, 6) is 0.298. The molecule has 0 aliphatic heterocycles. The van der Waals surface area contributed by atoms with E-state index < -0.39 is 11.1 Å². The van der Waals surface area contributed by atoms with Gasteiger partial charge in [-0.25, -0.2) is 4.98 Å². The van der Waals surface area contributed by atoms with Crippen LogP contribution in [0.3, 0.4) is 0 Å². The third-order valence-electron chi connectivity index (χ3n) is 1.08. The van der Waals surface area contributed by atoms with Crippen LogP contribution in [0.15, 0.2) is 23.2 Å². The van der Waals surface area contributed by atoms with E-state index in [1.807, 2.05) is 0 Å². The van der Waals surface area contributed by atoms with Gasteiger partial charge in [-0.2, -0.15) is 0 Å². The minimum Gasteiger partial charge on any atom is -0.767 e. The average Bonchev–Trinajstić information content (AvgIpc) is 2.05. The monoisotopic (exact) mass is 179 g/mol. The van der Waals surface area contributed by atoms with Gasteiger partial charge in [-0.05, 0) is 17.1 Å². The average molecular weight is 179 g/mol.